The van der Waals surface area contributed by atoms with Crippen LogP contribution in [0.4, 0.5) is 20.2 Å². The maximum absolute atomic E-state index is 14.1. The van der Waals surface area contributed by atoms with Gasteiger partial charge in [-0.15, -0.1) is 0 Å². The number of phosphoric acid groups is 1. The van der Waals surface area contributed by atoms with E-state index < -0.39 is 19.5 Å². The molecular weight excluding hydrogens is 477 g/mol. The van der Waals surface area contributed by atoms with Gasteiger partial charge in [-0.3, -0.25) is 0 Å². The van der Waals surface area contributed by atoms with Gasteiger partial charge in [0.05, 0.1) is 0 Å². The predicted molar refractivity (Wildman–Crippen MR) is 108 cm³/mol. The fourth-order valence-corrected chi connectivity index (χ4v) is 4.86. The van der Waals surface area contributed by atoms with Crippen LogP contribution in [0.1, 0.15) is 11.1 Å². The molecule has 0 bridgehead atoms. The summed E-state index contributed by atoms with van der Waals surface area (Å²) in [4.78, 5) is 25.4. The SMILES string of the molecule is CN1c2ccc(F)cc2C(=C(OP(=O)([O-])[O-])Sc2ccccc2)c2cc(F)ccc21.[Na+].[Na+]. The molecule has 3 aromatic carbocycles. The Labute approximate surface area is 232 Å². The van der Waals surface area contributed by atoms with Gasteiger partial charge in [-0.25, -0.2) is 8.78 Å². The summed E-state index contributed by atoms with van der Waals surface area (Å²) in [6, 6.07) is 16.6. The molecule has 0 amide bonds. The number of thioether (sulfide) groups is 1. The summed E-state index contributed by atoms with van der Waals surface area (Å²) in [7, 11) is -3.74. The van der Waals surface area contributed by atoms with Crippen LogP contribution in [0.2, 0.25) is 0 Å². The van der Waals surface area contributed by atoms with Gasteiger partial charge < -0.3 is 23.8 Å². The first-order valence-electron chi connectivity index (χ1n) is 8.75. The van der Waals surface area contributed by atoms with E-state index in [9.17, 15) is 23.1 Å². The van der Waals surface area contributed by atoms with Crippen LogP contribution >= 0.6 is 19.6 Å². The van der Waals surface area contributed by atoms with E-state index in [1.165, 1.54) is 36.4 Å². The smallest absolute Gasteiger partial charge is 0.780 e. The van der Waals surface area contributed by atoms with E-state index in [0.29, 0.717) is 16.3 Å². The molecule has 0 N–H and O–H groups in total. The minimum atomic E-state index is -5.47. The number of nitrogens with zero attached hydrogens (tertiary/aromatic N) is 1. The van der Waals surface area contributed by atoms with Crippen molar-refractivity contribution in [2.75, 3.05) is 11.9 Å². The van der Waals surface area contributed by atoms with Crippen LogP contribution in [0.3, 0.4) is 0 Å². The minimum absolute atomic E-state index is 0. The van der Waals surface area contributed by atoms with Crippen LogP contribution in [-0.4, -0.2) is 7.05 Å². The summed E-state index contributed by atoms with van der Waals surface area (Å²) in [5.41, 5.74) is 1.78. The average Bonchev–Trinajstić information content (AvgIpc) is 2.67. The zero-order valence-electron chi connectivity index (χ0n) is 17.5. The van der Waals surface area contributed by atoms with Gasteiger partial charge in [0.15, 0.2) is 5.09 Å². The molecule has 0 aliphatic carbocycles. The monoisotopic (exact) mass is 491 g/mol. The number of hydrogen-bond donors (Lipinski definition) is 0. The van der Waals surface area contributed by atoms with Gasteiger partial charge in [0.1, 0.15) is 19.5 Å². The molecule has 32 heavy (non-hydrogen) atoms. The fraction of sp³-hybridized carbons (Fsp3) is 0.0476. The molecule has 0 unspecified atom stereocenters. The van der Waals surface area contributed by atoms with Crippen LogP contribution in [-0.2, 0) is 9.09 Å². The van der Waals surface area contributed by atoms with Crippen LogP contribution < -0.4 is 73.8 Å². The van der Waals surface area contributed by atoms with Crippen molar-refractivity contribution in [3.63, 3.8) is 0 Å². The van der Waals surface area contributed by atoms with Crippen molar-refractivity contribution in [1.29, 1.82) is 0 Å². The van der Waals surface area contributed by atoms with Crippen molar-refractivity contribution in [2.45, 2.75) is 4.90 Å². The quantitative estimate of drug-likeness (QED) is 0.190. The first kappa shape index (κ1) is 27.6. The van der Waals surface area contributed by atoms with Gasteiger partial charge in [-0.05, 0) is 48.5 Å². The first-order chi connectivity index (χ1) is 14.2. The molecule has 0 fully saturated rings. The Kier molecular flexibility index (Phi) is 9.65. The molecule has 11 heteroatoms. The van der Waals surface area contributed by atoms with E-state index in [1.54, 1.807) is 42.3 Å². The zero-order chi connectivity index (χ0) is 21.5. The molecule has 154 valence electrons. The van der Waals surface area contributed by atoms with Crippen molar-refractivity contribution in [1.82, 2.24) is 0 Å². The molecule has 1 aliphatic heterocycles. The molecule has 1 heterocycles. The molecular formula is C21H14F2NNa2O4PS. The molecule has 0 spiro atoms. The van der Waals surface area contributed by atoms with Gasteiger partial charge in [-0.2, -0.15) is 0 Å². The fourth-order valence-electron chi connectivity index (χ4n) is 3.31. The largest absolute Gasteiger partial charge is 1.00 e. The molecule has 1 aliphatic rings. The number of rotatable bonds is 4. The third-order valence-electron chi connectivity index (χ3n) is 4.53. The summed E-state index contributed by atoms with van der Waals surface area (Å²) in [6.45, 7) is 0. The minimum Gasteiger partial charge on any atom is -0.780 e. The zero-order valence-corrected chi connectivity index (χ0v) is 23.3. The number of anilines is 2. The Morgan fingerprint density at radius 1 is 0.906 bits per heavy atom. The molecule has 0 saturated carbocycles. The second-order valence-electron chi connectivity index (χ2n) is 6.50. The summed E-state index contributed by atoms with van der Waals surface area (Å²) in [6.07, 6.45) is 0. The Hall–Kier alpha value is -0.640. The molecule has 4 rings (SSSR count). The summed E-state index contributed by atoms with van der Waals surface area (Å²) < 4.78 is 44.6. The number of halogens is 2. The van der Waals surface area contributed by atoms with Crippen molar-refractivity contribution in [3.8, 4) is 0 Å². The van der Waals surface area contributed by atoms with Crippen molar-refractivity contribution < 1.29 is 86.8 Å². The Morgan fingerprint density at radius 2 is 1.41 bits per heavy atom. The van der Waals surface area contributed by atoms with Gasteiger partial charge >= 0.3 is 59.1 Å². The van der Waals surface area contributed by atoms with E-state index in [0.717, 1.165) is 11.8 Å². The summed E-state index contributed by atoms with van der Waals surface area (Å²) in [5, 5.41) is -0.277. The predicted octanol–water partition coefficient (Wildman–Crippen LogP) is -1.59. The maximum Gasteiger partial charge on any atom is 1.00 e. The Morgan fingerprint density at radius 3 is 1.88 bits per heavy atom. The maximum atomic E-state index is 14.1. The van der Waals surface area contributed by atoms with Crippen LogP contribution in [0.25, 0.3) is 5.57 Å². The summed E-state index contributed by atoms with van der Waals surface area (Å²) >= 11 is 0.884. The van der Waals surface area contributed by atoms with Crippen molar-refractivity contribution in [3.05, 3.63) is 94.6 Å². The van der Waals surface area contributed by atoms with Crippen LogP contribution in [0.15, 0.2) is 76.7 Å². The second kappa shape index (κ2) is 11.2. The number of hydrogen-bond acceptors (Lipinski definition) is 6. The number of phosphoric ester groups is 1. The van der Waals surface area contributed by atoms with E-state index >= 15 is 0 Å². The van der Waals surface area contributed by atoms with Gasteiger partial charge in [0, 0.05) is 40.0 Å². The van der Waals surface area contributed by atoms with E-state index in [2.05, 4.69) is 0 Å². The van der Waals surface area contributed by atoms with E-state index in [-0.39, 0.29) is 80.9 Å². The van der Waals surface area contributed by atoms with Crippen LogP contribution in [0.5, 0.6) is 0 Å². The first-order valence-corrected chi connectivity index (χ1v) is 11.0. The van der Waals surface area contributed by atoms with Gasteiger partial charge in [0.2, 0.25) is 0 Å². The normalized spacial score (nSPS) is 12.2. The van der Waals surface area contributed by atoms with Crippen molar-refractivity contribution >= 4 is 36.5 Å². The van der Waals surface area contributed by atoms with E-state index in [4.69, 9.17) is 4.52 Å². The van der Waals surface area contributed by atoms with Crippen molar-refractivity contribution in [2.24, 2.45) is 0 Å². The molecule has 0 aromatic heterocycles. The molecule has 0 saturated heterocycles. The molecule has 0 atom stereocenters. The number of fused-ring (bicyclic) bond motifs is 2. The summed E-state index contributed by atoms with van der Waals surface area (Å²) in [5.74, 6) is -1.15. The second-order valence-corrected chi connectivity index (χ2v) is 8.62. The topological polar surface area (TPSA) is 75.7 Å². The Bertz CT molecular complexity index is 1150. The molecule has 5 nitrogen and oxygen atoms in total. The van der Waals surface area contributed by atoms with Gasteiger partial charge in [0.25, 0.3) is 0 Å². The Balaban J connectivity index is 0.00000181. The van der Waals surface area contributed by atoms with E-state index in [1.807, 2.05) is 0 Å². The number of benzene rings is 3. The van der Waals surface area contributed by atoms with Gasteiger partial charge in [-0.1, -0.05) is 30.0 Å². The average molecular weight is 491 g/mol. The third kappa shape index (κ3) is 6.07. The molecule has 3 aromatic rings. The standard InChI is InChI=1S/C21H16F2NO4PS.2Na/c1-24-18-9-7-13(22)11-16(18)20(17-12-14(23)8-10-19(17)24)21(28-29(25,26)27)30-15-5-3-2-4-6-15;;/h2-12H,1H3,(H2,25,26,27);;/q;2*+1/p-2. The third-order valence-corrected chi connectivity index (χ3v) is 6.04. The molecule has 0 radical (unpaired) electrons. The van der Waals surface area contributed by atoms with Crippen LogP contribution in [0, 0.1) is 11.6 Å².